The van der Waals surface area contributed by atoms with E-state index >= 15 is 0 Å². The highest BCUT2D eigenvalue weighted by atomic mass is 16.1. The Labute approximate surface area is 161 Å². The summed E-state index contributed by atoms with van der Waals surface area (Å²) in [6.07, 6.45) is 3.43. The van der Waals surface area contributed by atoms with E-state index in [0.717, 1.165) is 0 Å². The van der Waals surface area contributed by atoms with Crippen molar-refractivity contribution in [2.75, 3.05) is 0 Å². The molecule has 0 N–H and O–H groups in total. The Hall–Kier alpha value is -2.55. The lowest BCUT2D eigenvalue weighted by Gasteiger charge is -2.31. The highest BCUT2D eigenvalue weighted by molar-refractivity contribution is 6.27. The zero-order chi connectivity index (χ0) is 20.6. The first kappa shape index (κ1) is 20.8. The molecular formula is C24H28O3. The summed E-state index contributed by atoms with van der Waals surface area (Å²) < 4.78 is 0. The van der Waals surface area contributed by atoms with E-state index < -0.39 is 10.8 Å². The van der Waals surface area contributed by atoms with Gasteiger partial charge in [-0.2, -0.15) is 0 Å². The van der Waals surface area contributed by atoms with Crippen molar-refractivity contribution in [3.63, 3.8) is 0 Å². The average Bonchev–Trinajstić information content (AvgIpc) is 2.54. The van der Waals surface area contributed by atoms with Gasteiger partial charge in [0.1, 0.15) is 0 Å². The molecule has 0 unspecified atom stereocenters. The van der Waals surface area contributed by atoms with E-state index in [4.69, 9.17) is 0 Å². The maximum Gasteiger partial charge on any atom is 0.197 e. The van der Waals surface area contributed by atoms with Crippen LogP contribution >= 0.6 is 0 Å². The van der Waals surface area contributed by atoms with Gasteiger partial charge in [0.2, 0.25) is 0 Å². The molecule has 2 rings (SSSR count). The fourth-order valence-corrected chi connectivity index (χ4v) is 3.12. The molecule has 0 amide bonds. The molecule has 1 aliphatic carbocycles. The lowest BCUT2D eigenvalue weighted by molar-refractivity contribution is -0.114. The molecule has 27 heavy (non-hydrogen) atoms. The fraction of sp³-hybridized carbons (Fsp3) is 0.375. The molecule has 3 nitrogen and oxygen atoms in total. The summed E-state index contributed by atoms with van der Waals surface area (Å²) >= 11 is 0. The zero-order valence-corrected chi connectivity index (χ0v) is 17.3. The van der Waals surface area contributed by atoms with Gasteiger partial charge < -0.3 is 0 Å². The minimum atomic E-state index is -0.398. The van der Waals surface area contributed by atoms with Crippen molar-refractivity contribution >= 4 is 17.3 Å². The molecule has 1 aromatic rings. The van der Waals surface area contributed by atoms with Gasteiger partial charge in [0.25, 0.3) is 0 Å². The van der Waals surface area contributed by atoms with Gasteiger partial charge in [-0.1, -0.05) is 71.9 Å². The number of carbonyl (C=O) groups excluding carboxylic acids is 3. The standard InChI is InChI=1S/C24H28O3/c1-15(25)20(21(26)16-11-9-8-10-12-16)17-13-18(23(2,3)4)22(27)19(14-17)24(5,6)7/h8-14H,1-7H3. The summed E-state index contributed by atoms with van der Waals surface area (Å²) in [6, 6.07) is 8.76. The molecule has 0 aromatic heterocycles. The van der Waals surface area contributed by atoms with Crippen molar-refractivity contribution < 1.29 is 14.4 Å². The van der Waals surface area contributed by atoms with Crippen LogP contribution < -0.4 is 0 Å². The number of hydrogen-bond donors (Lipinski definition) is 0. The Morgan fingerprint density at radius 3 is 1.59 bits per heavy atom. The van der Waals surface area contributed by atoms with Gasteiger partial charge in [0.15, 0.2) is 17.3 Å². The SMILES string of the molecule is CC(=O)C(C(=O)c1ccccc1)=C1C=C(C(C)(C)C)C(=O)C(C(C)(C)C)=C1. The Kier molecular flexibility index (Phi) is 5.55. The summed E-state index contributed by atoms with van der Waals surface area (Å²) in [6.45, 7) is 13.2. The van der Waals surface area contributed by atoms with Crippen LogP contribution in [0.1, 0.15) is 58.8 Å². The molecule has 1 aliphatic rings. The van der Waals surface area contributed by atoms with Gasteiger partial charge in [-0.25, -0.2) is 0 Å². The van der Waals surface area contributed by atoms with E-state index in [1.54, 1.807) is 36.4 Å². The lowest BCUT2D eigenvalue weighted by atomic mass is 9.71. The number of hydrogen-bond acceptors (Lipinski definition) is 3. The number of ketones is 3. The lowest BCUT2D eigenvalue weighted by Crippen LogP contribution is -2.28. The first-order valence-corrected chi connectivity index (χ1v) is 9.18. The van der Waals surface area contributed by atoms with E-state index in [0.29, 0.717) is 22.3 Å². The van der Waals surface area contributed by atoms with E-state index in [1.165, 1.54) is 6.92 Å². The van der Waals surface area contributed by atoms with Gasteiger partial charge in [0, 0.05) is 16.7 Å². The summed E-state index contributed by atoms with van der Waals surface area (Å²) in [5.74, 6) is -0.641. The molecule has 0 heterocycles. The molecule has 0 atom stereocenters. The van der Waals surface area contributed by atoms with Crippen molar-refractivity contribution in [2.24, 2.45) is 10.8 Å². The Morgan fingerprint density at radius 2 is 1.22 bits per heavy atom. The van der Waals surface area contributed by atoms with Gasteiger partial charge in [0.05, 0.1) is 5.57 Å². The number of rotatable bonds is 3. The smallest absolute Gasteiger partial charge is 0.197 e. The maximum absolute atomic E-state index is 13.1. The fourth-order valence-electron chi connectivity index (χ4n) is 3.12. The summed E-state index contributed by atoms with van der Waals surface area (Å²) in [4.78, 5) is 38.6. The first-order chi connectivity index (χ1) is 12.3. The van der Waals surface area contributed by atoms with Gasteiger partial charge >= 0.3 is 0 Å². The zero-order valence-electron chi connectivity index (χ0n) is 17.3. The summed E-state index contributed by atoms with van der Waals surface area (Å²) in [5.41, 5.74) is 1.54. The normalized spacial score (nSPS) is 15.2. The van der Waals surface area contributed by atoms with Gasteiger partial charge in [-0.05, 0) is 35.5 Å². The Balaban J connectivity index is 2.80. The third kappa shape index (κ3) is 4.41. The predicted molar refractivity (Wildman–Crippen MR) is 109 cm³/mol. The van der Waals surface area contributed by atoms with Crippen molar-refractivity contribution in [1.29, 1.82) is 0 Å². The molecule has 3 heteroatoms. The quantitative estimate of drug-likeness (QED) is 0.317. The van der Waals surface area contributed by atoms with Crippen LogP contribution in [0.5, 0.6) is 0 Å². The number of Topliss-reactive ketones (excluding diaryl/α,β-unsaturated/α-hetero) is 3. The first-order valence-electron chi connectivity index (χ1n) is 9.18. The minimum Gasteiger partial charge on any atom is -0.294 e. The van der Waals surface area contributed by atoms with E-state index in [-0.39, 0.29) is 22.9 Å². The maximum atomic E-state index is 13.1. The molecule has 0 fully saturated rings. The van der Waals surface area contributed by atoms with E-state index in [1.807, 2.05) is 47.6 Å². The second-order valence-corrected chi connectivity index (χ2v) is 9.03. The van der Waals surface area contributed by atoms with Crippen LogP contribution in [0.4, 0.5) is 0 Å². The van der Waals surface area contributed by atoms with Crippen LogP contribution in [-0.4, -0.2) is 17.3 Å². The molecule has 0 spiro atoms. The highest BCUT2D eigenvalue weighted by Crippen LogP contribution is 2.39. The summed E-state index contributed by atoms with van der Waals surface area (Å²) in [7, 11) is 0. The van der Waals surface area contributed by atoms with Crippen LogP contribution in [0.15, 0.2) is 64.8 Å². The van der Waals surface area contributed by atoms with Crippen LogP contribution in [0.2, 0.25) is 0 Å². The Bertz CT molecular complexity index is 844. The van der Waals surface area contributed by atoms with Crippen LogP contribution in [0, 0.1) is 10.8 Å². The van der Waals surface area contributed by atoms with Crippen LogP contribution in [-0.2, 0) is 9.59 Å². The monoisotopic (exact) mass is 364 g/mol. The third-order valence-corrected chi connectivity index (χ3v) is 4.61. The molecule has 0 radical (unpaired) electrons. The van der Waals surface area contributed by atoms with Crippen LogP contribution in [0.25, 0.3) is 0 Å². The van der Waals surface area contributed by atoms with Crippen LogP contribution in [0.3, 0.4) is 0 Å². The molecular weight excluding hydrogens is 336 g/mol. The third-order valence-electron chi connectivity index (χ3n) is 4.61. The molecule has 0 bridgehead atoms. The second-order valence-electron chi connectivity index (χ2n) is 9.03. The molecule has 0 aliphatic heterocycles. The van der Waals surface area contributed by atoms with Gasteiger partial charge in [-0.15, -0.1) is 0 Å². The molecule has 0 saturated carbocycles. The van der Waals surface area contributed by atoms with Crippen molar-refractivity contribution in [3.8, 4) is 0 Å². The number of allylic oxidation sites excluding steroid dienone is 6. The topological polar surface area (TPSA) is 51.2 Å². The van der Waals surface area contributed by atoms with Crippen molar-refractivity contribution in [1.82, 2.24) is 0 Å². The minimum absolute atomic E-state index is 0.0196. The molecule has 1 aromatic carbocycles. The van der Waals surface area contributed by atoms with E-state index in [2.05, 4.69) is 0 Å². The largest absolute Gasteiger partial charge is 0.294 e. The van der Waals surface area contributed by atoms with E-state index in [9.17, 15) is 14.4 Å². The predicted octanol–water partition coefficient (Wildman–Crippen LogP) is 5.28. The second kappa shape index (κ2) is 7.22. The average molecular weight is 364 g/mol. The Morgan fingerprint density at radius 1 is 0.778 bits per heavy atom. The molecule has 142 valence electrons. The van der Waals surface area contributed by atoms with Crippen molar-refractivity contribution in [2.45, 2.75) is 48.5 Å². The number of carbonyl (C=O) groups is 3. The van der Waals surface area contributed by atoms with Crippen molar-refractivity contribution in [3.05, 3.63) is 70.3 Å². The molecule has 0 saturated heterocycles. The number of benzene rings is 1. The summed E-state index contributed by atoms with van der Waals surface area (Å²) in [5, 5.41) is 0. The van der Waals surface area contributed by atoms with Gasteiger partial charge in [-0.3, -0.25) is 14.4 Å². The highest BCUT2D eigenvalue weighted by Gasteiger charge is 2.35.